The molecule has 2 rings (SSSR count). The van der Waals surface area contributed by atoms with Gasteiger partial charge in [0, 0.05) is 31.6 Å². The van der Waals surface area contributed by atoms with Gasteiger partial charge in [-0.3, -0.25) is 25.2 Å². The molecule has 1 fully saturated rings. The van der Waals surface area contributed by atoms with Crippen molar-refractivity contribution in [3.8, 4) is 0 Å². The second-order valence-corrected chi connectivity index (χ2v) is 5.45. The smallest absolute Gasteiger partial charge is 0.269 e. The number of amides is 3. The third-order valence-corrected chi connectivity index (χ3v) is 3.53. The van der Waals surface area contributed by atoms with Gasteiger partial charge in [-0.05, 0) is 31.0 Å². The summed E-state index contributed by atoms with van der Waals surface area (Å²) < 4.78 is 18.4. The minimum absolute atomic E-state index is 0.00832. The van der Waals surface area contributed by atoms with Crippen LogP contribution in [0.15, 0.2) is 24.3 Å². The van der Waals surface area contributed by atoms with E-state index in [4.69, 9.17) is 4.74 Å². The molecule has 0 aromatic heterocycles. The Morgan fingerprint density at radius 3 is 2.67 bits per heavy atom. The second-order valence-electron chi connectivity index (χ2n) is 5.45. The quantitative estimate of drug-likeness (QED) is 0.665. The minimum atomic E-state index is -0.634. The summed E-state index contributed by atoms with van der Waals surface area (Å²) in [6, 6.07) is 5.08. The summed E-state index contributed by atoms with van der Waals surface area (Å²) in [7, 11) is 0. The van der Waals surface area contributed by atoms with E-state index in [0.29, 0.717) is 13.2 Å². The van der Waals surface area contributed by atoms with E-state index in [-0.39, 0.29) is 30.4 Å². The summed E-state index contributed by atoms with van der Waals surface area (Å²) in [5.74, 6) is -1.94. The predicted octanol–water partition coefficient (Wildman–Crippen LogP) is 0.662. The van der Waals surface area contributed by atoms with E-state index in [2.05, 4.69) is 16.2 Å². The van der Waals surface area contributed by atoms with Crippen molar-refractivity contribution < 1.29 is 23.5 Å². The number of halogens is 1. The summed E-state index contributed by atoms with van der Waals surface area (Å²) >= 11 is 0. The number of carbonyl (C=O) groups excluding carboxylic acids is 3. The predicted molar refractivity (Wildman–Crippen MR) is 83.2 cm³/mol. The van der Waals surface area contributed by atoms with Crippen LogP contribution in [0.4, 0.5) is 4.39 Å². The first kappa shape index (κ1) is 17.9. The van der Waals surface area contributed by atoms with Crippen molar-refractivity contribution in [2.45, 2.75) is 31.8 Å². The molecule has 24 heavy (non-hydrogen) atoms. The highest BCUT2D eigenvalue weighted by Crippen LogP contribution is 2.10. The zero-order valence-corrected chi connectivity index (χ0v) is 13.1. The Balaban J connectivity index is 1.62. The van der Waals surface area contributed by atoms with Crippen LogP contribution in [-0.4, -0.2) is 37.0 Å². The molecule has 0 bridgehead atoms. The van der Waals surface area contributed by atoms with Crippen LogP contribution in [0.2, 0.25) is 0 Å². The van der Waals surface area contributed by atoms with Crippen molar-refractivity contribution in [3.05, 3.63) is 35.6 Å². The van der Waals surface area contributed by atoms with Gasteiger partial charge in [-0.25, -0.2) is 4.39 Å². The Morgan fingerprint density at radius 2 is 1.96 bits per heavy atom. The summed E-state index contributed by atoms with van der Waals surface area (Å²) in [5, 5.41) is 2.70. The highest BCUT2D eigenvalue weighted by molar-refractivity contribution is 5.95. The van der Waals surface area contributed by atoms with Crippen LogP contribution in [0.5, 0.6) is 0 Å². The van der Waals surface area contributed by atoms with Crippen molar-refractivity contribution >= 4 is 17.7 Å². The topological polar surface area (TPSA) is 96.5 Å². The highest BCUT2D eigenvalue weighted by Gasteiger charge is 2.16. The fraction of sp³-hybridized carbons (Fsp3) is 0.438. The first-order chi connectivity index (χ1) is 11.5. The van der Waals surface area contributed by atoms with Crippen molar-refractivity contribution in [1.29, 1.82) is 0 Å². The van der Waals surface area contributed by atoms with Gasteiger partial charge in [0.15, 0.2) is 0 Å². The van der Waals surface area contributed by atoms with Crippen LogP contribution in [0.1, 0.15) is 36.0 Å². The molecule has 1 aliphatic rings. The average Bonchev–Trinajstić information content (AvgIpc) is 3.09. The molecule has 3 N–H and O–H groups in total. The van der Waals surface area contributed by atoms with Gasteiger partial charge in [-0.1, -0.05) is 6.07 Å². The van der Waals surface area contributed by atoms with Crippen molar-refractivity contribution in [1.82, 2.24) is 16.2 Å². The lowest BCUT2D eigenvalue weighted by Crippen LogP contribution is -2.42. The lowest BCUT2D eigenvalue weighted by atomic mass is 10.2. The van der Waals surface area contributed by atoms with E-state index in [0.717, 1.165) is 18.9 Å². The van der Waals surface area contributed by atoms with Gasteiger partial charge in [0.1, 0.15) is 5.82 Å². The Kier molecular flexibility index (Phi) is 6.68. The van der Waals surface area contributed by atoms with E-state index < -0.39 is 17.6 Å². The zero-order valence-electron chi connectivity index (χ0n) is 13.1. The molecule has 1 heterocycles. The molecule has 130 valence electrons. The zero-order chi connectivity index (χ0) is 17.4. The summed E-state index contributed by atoms with van der Waals surface area (Å²) in [5.41, 5.74) is 4.44. The fourth-order valence-electron chi connectivity index (χ4n) is 2.24. The average molecular weight is 337 g/mol. The Labute approximate surface area is 138 Å². The molecular formula is C16H20FN3O4. The van der Waals surface area contributed by atoms with Gasteiger partial charge < -0.3 is 10.1 Å². The van der Waals surface area contributed by atoms with Gasteiger partial charge in [-0.2, -0.15) is 0 Å². The van der Waals surface area contributed by atoms with Crippen molar-refractivity contribution in [2.75, 3.05) is 13.2 Å². The van der Waals surface area contributed by atoms with Crippen LogP contribution in [0, 0.1) is 5.82 Å². The highest BCUT2D eigenvalue weighted by atomic mass is 19.1. The second kappa shape index (κ2) is 8.97. The van der Waals surface area contributed by atoms with Crippen LogP contribution >= 0.6 is 0 Å². The largest absolute Gasteiger partial charge is 0.376 e. The number of ether oxygens (including phenoxy) is 1. The maximum Gasteiger partial charge on any atom is 0.269 e. The van der Waals surface area contributed by atoms with Crippen LogP contribution in [0.3, 0.4) is 0 Å². The van der Waals surface area contributed by atoms with E-state index in [1.54, 1.807) is 0 Å². The normalized spacial score (nSPS) is 16.5. The maximum atomic E-state index is 13.0. The molecule has 0 aliphatic carbocycles. The fourth-order valence-corrected chi connectivity index (χ4v) is 2.24. The number of hydrazine groups is 1. The molecule has 0 saturated carbocycles. The molecule has 1 aromatic rings. The number of carbonyl (C=O) groups is 3. The minimum Gasteiger partial charge on any atom is -0.376 e. The van der Waals surface area contributed by atoms with E-state index in [1.165, 1.54) is 18.2 Å². The molecule has 1 aromatic carbocycles. The standard InChI is InChI=1S/C16H20FN3O4/c17-12-4-1-3-11(9-12)16(23)20-19-15(22)7-6-14(21)18-10-13-5-2-8-24-13/h1,3-4,9,13H,2,5-8,10H2,(H,18,21)(H,19,22)(H,20,23)/t13-/m0/s1. The summed E-state index contributed by atoms with van der Waals surface area (Å²) in [6.45, 7) is 1.16. The van der Waals surface area contributed by atoms with E-state index >= 15 is 0 Å². The molecule has 1 saturated heterocycles. The Hall–Kier alpha value is -2.48. The number of hydrogen-bond donors (Lipinski definition) is 3. The summed E-state index contributed by atoms with van der Waals surface area (Å²) in [6.07, 6.45) is 1.91. The molecule has 0 unspecified atom stereocenters. The first-order valence-electron chi connectivity index (χ1n) is 7.77. The van der Waals surface area contributed by atoms with Gasteiger partial charge in [0.05, 0.1) is 6.10 Å². The number of hydrogen-bond acceptors (Lipinski definition) is 4. The van der Waals surface area contributed by atoms with Crippen molar-refractivity contribution in [3.63, 3.8) is 0 Å². The molecule has 0 spiro atoms. The molecule has 0 radical (unpaired) electrons. The lowest BCUT2D eigenvalue weighted by Gasteiger charge is -2.11. The molecule has 1 aliphatic heterocycles. The number of benzene rings is 1. The molecule has 1 atom stereocenters. The molecule has 8 heteroatoms. The van der Waals surface area contributed by atoms with Gasteiger partial charge in [0.2, 0.25) is 11.8 Å². The monoisotopic (exact) mass is 337 g/mol. The van der Waals surface area contributed by atoms with E-state index in [9.17, 15) is 18.8 Å². The molecule has 3 amide bonds. The third kappa shape index (κ3) is 5.96. The van der Waals surface area contributed by atoms with Crippen LogP contribution in [0.25, 0.3) is 0 Å². The van der Waals surface area contributed by atoms with Crippen LogP contribution < -0.4 is 16.2 Å². The number of nitrogens with one attached hydrogen (secondary N) is 3. The van der Waals surface area contributed by atoms with Gasteiger partial charge in [0.25, 0.3) is 5.91 Å². The Morgan fingerprint density at radius 1 is 1.17 bits per heavy atom. The van der Waals surface area contributed by atoms with E-state index in [1.807, 2.05) is 0 Å². The first-order valence-corrected chi connectivity index (χ1v) is 7.77. The lowest BCUT2D eigenvalue weighted by molar-refractivity contribution is -0.127. The van der Waals surface area contributed by atoms with Crippen LogP contribution in [-0.2, 0) is 14.3 Å². The van der Waals surface area contributed by atoms with Gasteiger partial charge in [-0.15, -0.1) is 0 Å². The molecular weight excluding hydrogens is 317 g/mol. The van der Waals surface area contributed by atoms with Gasteiger partial charge >= 0.3 is 0 Å². The number of rotatable bonds is 6. The molecule has 7 nitrogen and oxygen atoms in total. The summed E-state index contributed by atoms with van der Waals surface area (Å²) in [4.78, 5) is 34.9. The Bertz CT molecular complexity index is 603. The maximum absolute atomic E-state index is 13.0. The third-order valence-electron chi connectivity index (χ3n) is 3.53. The SMILES string of the molecule is O=C(CCC(=O)NNC(=O)c1cccc(F)c1)NC[C@@H]1CCCO1. The van der Waals surface area contributed by atoms with Crippen molar-refractivity contribution in [2.24, 2.45) is 0 Å².